The summed E-state index contributed by atoms with van der Waals surface area (Å²) < 4.78 is 32.8. The Morgan fingerprint density at radius 1 is 1.00 bits per heavy atom. The second-order valence-corrected chi connectivity index (χ2v) is 11.2. The van der Waals surface area contributed by atoms with Gasteiger partial charge in [-0.05, 0) is 55.0 Å². The average Bonchev–Trinajstić information content (AvgIpc) is 3.31. The Kier molecular flexibility index (Phi) is 6.80. The van der Waals surface area contributed by atoms with Crippen molar-refractivity contribution in [2.75, 3.05) is 36.5 Å². The van der Waals surface area contributed by atoms with E-state index in [1.165, 1.54) is 0 Å². The first-order valence-electron chi connectivity index (χ1n) is 12.0. The number of hydrogen-bond acceptors (Lipinski definition) is 5. The average molecular weight is 504 g/mol. The van der Waals surface area contributed by atoms with Crippen LogP contribution in [0.4, 0.5) is 11.4 Å². The van der Waals surface area contributed by atoms with Gasteiger partial charge in [-0.2, -0.15) is 0 Å². The maximum absolute atomic E-state index is 13.7. The normalized spacial score (nSPS) is 15.1. The molecule has 1 unspecified atom stereocenters. The fraction of sp³-hybridized carbons (Fsp3) is 0.250. The molecule has 2 heterocycles. The molecule has 5 rings (SSSR count). The van der Waals surface area contributed by atoms with E-state index in [4.69, 9.17) is 4.74 Å². The largest absolute Gasteiger partial charge is 0.378 e. The number of benzene rings is 3. The minimum atomic E-state index is -3.96. The minimum Gasteiger partial charge on any atom is -0.378 e. The van der Waals surface area contributed by atoms with Crippen molar-refractivity contribution in [3.8, 4) is 0 Å². The Bertz CT molecular complexity index is 1450. The van der Waals surface area contributed by atoms with Gasteiger partial charge in [0.1, 0.15) is 5.25 Å². The van der Waals surface area contributed by atoms with Crippen LogP contribution < -0.4 is 10.2 Å². The molecule has 0 aliphatic carbocycles. The Morgan fingerprint density at radius 3 is 2.42 bits per heavy atom. The van der Waals surface area contributed by atoms with Crippen LogP contribution >= 0.6 is 0 Å². The molecule has 2 N–H and O–H groups in total. The van der Waals surface area contributed by atoms with Crippen molar-refractivity contribution in [1.29, 1.82) is 0 Å². The van der Waals surface area contributed by atoms with Gasteiger partial charge >= 0.3 is 0 Å². The number of ether oxygens (including phenoxy) is 1. The molecule has 0 radical (unpaired) electrons. The van der Waals surface area contributed by atoms with Crippen LogP contribution in [0, 0.1) is 6.92 Å². The van der Waals surface area contributed by atoms with E-state index in [0.29, 0.717) is 18.9 Å². The number of fused-ring (bicyclic) bond motifs is 1. The van der Waals surface area contributed by atoms with E-state index in [-0.39, 0.29) is 11.3 Å². The molecule has 0 spiro atoms. The molecule has 1 aromatic heterocycles. The highest BCUT2D eigenvalue weighted by Crippen LogP contribution is 2.26. The summed E-state index contributed by atoms with van der Waals surface area (Å²) in [4.78, 5) is 19.1. The molecule has 1 saturated heterocycles. The molecular weight excluding hydrogens is 474 g/mol. The van der Waals surface area contributed by atoms with Crippen molar-refractivity contribution in [3.63, 3.8) is 0 Å². The minimum absolute atomic E-state index is 0.0535. The highest BCUT2D eigenvalue weighted by Gasteiger charge is 2.35. The number of nitrogens with one attached hydrogen (secondary N) is 2. The number of aromatic amines is 1. The molecule has 0 saturated carbocycles. The summed E-state index contributed by atoms with van der Waals surface area (Å²) in [6.45, 7) is 4.89. The molecular formula is C28H29N3O4S. The van der Waals surface area contributed by atoms with Crippen LogP contribution in [0.3, 0.4) is 0 Å². The van der Waals surface area contributed by atoms with Crippen molar-refractivity contribution < 1.29 is 17.9 Å². The standard InChI is InChI=1S/C28H29N3O4S/c1-20-6-12-24(13-7-20)36(33,34)27(18-21-19-29-26-5-3-2-4-25(21)26)28(32)30-22-8-10-23(11-9-22)31-14-16-35-17-15-31/h2-13,19,27,29H,14-18H2,1H3,(H,30,32). The maximum Gasteiger partial charge on any atom is 0.243 e. The fourth-order valence-electron chi connectivity index (χ4n) is 4.54. The maximum atomic E-state index is 13.7. The molecule has 1 fully saturated rings. The van der Waals surface area contributed by atoms with Crippen LogP contribution in [-0.2, 0) is 25.8 Å². The number of aryl methyl sites for hydroxylation is 1. The van der Waals surface area contributed by atoms with E-state index in [9.17, 15) is 13.2 Å². The first kappa shape index (κ1) is 24.1. The molecule has 3 aromatic carbocycles. The van der Waals surface area contributed by atoms with Crippen LogP contribution in [0.25, 0.3) is 10.9 Å². The highest BCUT2D eigenvalue weighted by molar-refractivity contribution is 7.92. The summed E-state index contributed by atoms with van der Waals surface area (Å²) >= 11 is 0. The zero-order chi connectivity index (χ0) is 25.1. The molecule has 1 atom stereocenters. The number of para-hydroxylation sites is 1. The van der Waals surface area contributed by atoms with Crippen molar-refractivity contribution in [2.24, 2.45) is 0 Å². The Morgan fingerprint density at radius 2 is 1.69 bits per heavy atom. The van der Waals surface area contributed by atoms with Crippen LogP contribution in [0.5, 0.6) is 0 Å². The number of nitrogens with zero attached hydrogens (tertiary/aromatic N) is 1. The summed E-state index contributed by atoms with van der Waals surface area (Å²) in [5.41, 5.74) is 4.23. The third-order valence-corrected chi connectivity index (χ3v) is 8.67. The first-order valence-corrected chi connectivity index (χ1v) is 13.6. The van der Waals surface area contributed by atoms with E-state index in [2.05, 4.69) is 15.2 Å². The Labute approximate surface area is 211 Å². The van der Waals surface area contributed by atoms with Gasteiger partial charge in [0.15, 0.2) is 9.84 Å². The van der Waals surface area contributed by atoms with Crippen molar-refractivity contribution in [1.82, 2.24) is 4.98 Å². The summed E-state index contributed by atoms with van der Waals surface area (Å²) in [7, 11) is -3.96. The lowest BCUT2D eigenvalue weighted by Crippen LogP contribution is -2.37. The van der Waals surface area contributed by atoms with Gasteiger partial charge in [-0.3, -0.25) is 4.79 Å². The van der Waals surface area contributed by atoms with Crippen LogP contribution in [0.15, 0.2) is 83.9 Å². The Balaban J connectivity index is 1.43. The van der Waals surface area contributed by atoms with Crippen molar-refractivity contribution in [2.45, 2.75) is 23.5 Å². The molecule has 7 nitrogen and oxygen atoms in total. The second-order valence-electron chi connectivity index (χ2n) is 9.05. The van der Waals surface area contributed by atoms with Gasteiger partial charge in [0.25, 0.3) is 0 Å². The number of sulfone groups is 1. The van der Waals surface area contributed by atoms with E-state index in [0.717, 1.165) is 40.8 Å². The SMILES string of the molecule is Cc1ccc(S(=O)(=O)C(Cc2c[nH]c3ccccc23)C(=O)Nc2ccc(N3CCOCC3)cc2)cc1. The van der Waals surface area contributed by atoms with Crippen LogP contribution in [0.1, 0.15) is 11.1 Å². The monoisotopic (exact) mass is 503 g/mol. The zero-order valence-electron chi connectivity index (χ0n) is 20.1. The van der Waals surface area contributed by atoms with E-state index >= 15 is 0 Å². The van der Waals surface area contributed by atoms with Crippen LogP contribution in [-0.4, -0.2) is 50.9 Å². The quantitative estimate of drug-likeness (QED) is 0.392. The lowest BCUT2D eigenvalue weighted by molar-refractivity contribution is -0.115. The first-order chi connectivity index (χ1) is 17.4. The number of carbonyl (C=O) groups excluding carboxylic acids is 1. The summed E-state index contributed by atoms with van der Waals surface area (Å²) in [6.07, 6.45) is 1.84. The van der Waals surface area contributed by atoms with Crippen molar-refractivity contribution >= 4 is 38.0 Å². The number of rotatable bonds is 7. The number of carbonyl (C=O) groups is 1. The molecule has 8 heteroatoms. The number of H-pyrrole nitrogens is 1. The van der Waals surface area contributed by atoms with Gasteiger partial charge in [-0.1, -0.05) is 35.9 Å². The zero-order valence-corrected chi connectivity index (χ0v) is 20.9. The third kappa shape index (κ3) is 5.01. The highest BCUT2D eigenvalue weighted by atomic mass is 32.2. The lowest BCUT2D eigenvalue weighted by atomic mass is 10.1. The smallest absolute Gasteiger partial charge is 0.243 e. The molecule has 1 aliphatic rings. The molecule has 0 bridgehead atoms. The molecule has 1 amide bonds. The predicted octanol–water partition coefficient (Wildman–Crippen LogP) is 4.34. The molecule has 1 aliphatic heterocycles. The summed E-state index contributed by atoms with van der Waals surface area (Å²) in [6, 6.07) is 21.8. The lowest BCUT2D eigenvalue weighted by Gasteiger charge is -2.29. The van der Waals surface area contributed by atoms with Gasteiger partial charge in [-0.25, -0.2) is 8.42 Å². The number of aromatic nitrogens is 1. The van der Waals surface area contributed by atoms with Crippen molar-refractivity contribution in [3.05, 3.63) is 90.1 Å². The number of morpholine rings is 1. The van der Waals surface area contributed by atoms with Gasteiger partial charge < -0.3 is 19.9 Å². The number of amides is 1. The van der Waals surface area contributed by atoms with E-state index in [1.54, 1.807) is 30.5 Å². The third-order valence-electron chi connectivity index (χ3n) is 6.61. The molecule has 186 valence electrons. The number of hydrogen-bond donors (Lipinski definition) is 2. The van der Waals surface area contributed by atoms with E-state index in [1.807, 2.05) is 55.5 Å². The van der Waals surface area contributed by atoms with E-state index < -0.39 is 21.0 Å². The van der Waals surface area contributed by atoms with Gasteiger partial charge in [0, 0.05) is 48.0 Å². The number of anilines is 2. The topological polar surface area (TPSA) is 91.5 Å². The van der Waals surface area contributed by atoms with Gasteiger partial charge in [0.05, 0.1) is 18.1 Å². The van der Waals surface area contributed by atoms with Crippen LogP contribution in [0.2, 0.25) is 0 Å². The fourth-order valence-corrected chi connectivity index (χ4v) is 6.12. The molecule has 36 heavy (non-hydrogen) atoms. The summed E-state index contributed by atoms with van der Waals surface area (Å²) in [5.74, 6) is -0.556. The predicted molar refractivity (Wildman–Crippen MR) is 142 cm³/mol. The van der Waals surface area contributed by atoms with Gasteiger partial charge in [-0.15, -0.1) is 0 Å². The Hall–Kier alpha value is -3.62. The van der Waals surface area contributed by atoms with Gasteiger partial charge in [0.2, 0.25) is 5.91 Å². The summed E-state index contributed by atoms with van der Waals surface area (Å²) in [5, 5.41) is 2.46. The molecule has 4 aromatic rings. The second kappa shape index (κ2) is 10.2.